The fraction of sp³-hybridized carbons (Fsp3) is 0.182. The van der Waals surface area contributed by atoms with Crippen LogP contribution in [-0.2, 0) is 11.3 Å². The molecule has 0 spiro atoms. The highest BCUT2D eigenvalue weighted by molar-refractivity contribution is 5.93. The number of nitrogens with zero attached hydrogens (tertiary/aromatic N) is 4. The van der Waals surface area contributed by atoms with Gasteiger partial charge in [0.15, 0.2) is 0 Å². The summed E-state index contributed by atoms with van der Waals surface area (Å²) in [5.41, 5.74) is 0.573. The monoisotopic (exact) mass is 278 g/mol. The van der Waals surface area contributed by atoms with Crippen molar-refractivity contribution >= 4 is 11.9 Å². The number of rotatable bonds is 3. The molecule has 9 heteroatoms. The summed E-state index contributed by atoms with van der Waals surface area (Å²) < 4.78 is 12.8. The molecule has 0 saturated carbocycles. The van der Waals surface area contributed by atoms with Crippen LogP contribution in [0.15, 0.2) is 24.3 Å². The number of urea groups is 1. The van der Waals surface area contributed by atoms with Gasteiger partial charge in [-0.15, -0.1) is 10.2 Å². The SMILES string of the molecule is CNC(=O)NC(=O)Cn1nnc(-c2ccc(F)cc2)n1. The number of nitrogens with one attached hydrogen (secondary N) is 2. The van der Waals surface area contributed by atoms with E-state index in [-0.39, 0.29) is 18.2 Å². The van der Waals surface area contributed by atoms with Gasteiger partial charge in [0.25, 0.3) is 5.91 Å². The Morgan fingerprint density at radius 3 is 2.65 bits per heavy atom. The molecule has 0 aliphatic carbocycles. The molecule has 2 aromatic rings. The Kier molecular flexibility index (Phi) is 3.99. The number of carbonyl (C=O) groups is 2. The van der Waals surface area contributed by atoms with Crippen LogP contribution in [0.1, 0.15) is 0 Å². The first kappa shape index (κ1) is 13.6. The molecule has 0 saturated heterocycles. The quantitative estimate of drug-likeness (QED) is 0.818. The van der Waals surface area contributed by atoms with Crippen LogP contribution in [0.3, 0.4) is 0 Å². The van der Waals surface area contributed by atoms with Gasteiger partial charge in [0.05, 0.1) is 0 Å². The molecule has 0 bridgehead atoms. The second-order valence-corrected chi connectivity index (χ2v) is 3.78. The molecule has 1 aromatic carbocycles. The highest BCUT2D eigenvalue weighted by Crippen LogP contribution is 2.13. The van der Waals surface area contributed by atoms with Crippen molar-refractivity contribution in [3.05, 3.63) is 30.1 Å². The van der Waals surface area contributed by atoms with Crippen molar-refractivity contribution in [2.75, 3.05) is 7.05 Å². The largest absolute Gasteiger partial charge is 0.341 e. The topological polar surface area (TPSA) is 102 Å². The van der Waals surface area contributed by atoms with E-state index in [9.17, 15) is 14.0 Å². The Hall–Kier alpha value is -2.84. The highest BCUT2D eigenvalue weighted by Gasteiger charge is 2.11. The molecule has 2 N–H and O–H groups in total. The van der Waals surface area contributed by atoms with Crippen molar-refractivity contribution in [1.29, 1.82) is 0 Å². The molecule has 0 unspecified atom stereocenters. The number of benzene rings is 1. The van der Waals surface area contributed by atoms with Gasteiger partial charge in [-0.3, -0.25) is 10.1 Å². The van der Waals surface area contributed by atoms with Gasteiger partial charge in [0, 0.05) is 12.6 Å². The second-order valence-electron chi connectivity index (χ2n) is 3.78. The van der Waals surface area contributed by atoms with E-state index < -0.39 is 11.9 Å². The smallest absolute Gasteiger partial charge is 0.321 e. The molecule has 104 valence electrons. The second kappa shape index (κ2) is 5.87. The van der Waals surface area contributed by atoms with E-state index in [0.717, 1.165) is 4.80 Å². The van der Waals surface area contributed by atoms with Crippen LogP contribution < -0.4 is 10.6 Å². The molecule has 2 rings (SSSR count). The van der Waals surface area contributed by atoms with E-state index in [4.69, 9.17) is 0 Å². The van der Waals surface area contributed by atoms with Crippen molar-refractivity contribution < 1.29 is 14.0 Å². The molecule has 8 nitrogen and oxygen atoms in total. The van der Waals surface area contributed by atoms with Gasteiger partial charge in [-0.2, -0.15) is 4.80 Å². The third kappa shape index (κ3) is 3.34. The molecule has 0 aliphatic heterocycles. The first-order valence-corrected chi connectivity index (χ1v) is 5.64. The lowest BCUT2D eigenvalue weighted by Gasteiger charge is -2.01. The number of hydrogen-bond acceptors (Lipinski definition) is 5. The Morgan fingerprint density at radius 2 is 2.00 bits per heavy atom. The minimum Gasteiger partial charge on any atom is -0.341 e. The van der Waals surface area contributed by atoms with Crippen molar-refractivity contribution in [3.8, 4) is 11.4 Å². The minimum atomic E-state index is -0.617. The van der Waals surface area contributed by atoms with Crippen LogP contribution >= 0.6 is 0 Å². The number of amides is 3. The summed E-state index contributed by atoms with van der Waals surface area (Å²) in [5, 5.41) is 15.7. The molecule has 0 aliphatic rings. The van der Waals surface area contributed by atoms with E-state index in [1.807, 2.05) is 0 Å². The zero-order valence-electron chi connectivity index (χ0n) is 10.5. The summed E-state index contributed by atoms with van der Waals surface area (Å²) in [6.45, 7) is -0.248. The molecule has 1 heterocycles. The van der Waals surface area contributed by atoms with Crippen molar-refractivity contribution in [3.63, 3.8) is 0 Å². The lowest BCUT2D eigenvalue weighted by Crippen LogP contribution is -2.39. The summed E-state index contributed by atoms with van der Waals surface area (Å²) >= 11 is 0. The van der Waals surface area contributed by atoms with Crippen molar-refractivity contribution in [1.82, 2.24) is 30.8 Å². The average Bonchev–Trinajstić information content (AvgIpc) is 2.87. The van der Waals surface area contributed by atoms with Crippen LogP contribution in [0, 0.1) is 5.82 Å². The number of halogens is 1. The van der Waals surface area contributed by atoms with Gasteiger partial charge < -0.3 is 5.32 Å². The van der Waals surface area contributed by atoms with Gasteiger partial charge >= 0.3 is 6.03 Å². The predicted molar refractivity (Wildman–Crippen MR) is 65.8 cm³/mol. The fourth-order valence-electron chi connectivity index (χ4n) is 1.38. The molecule has 0 atom stereocenters. The highest BCUT2D eigenvalue weighted by atomic mass is 19.1. The van der Waals surface area contributed by atoms with Crippen LogP contribution in [0.25, 0.3) is 11.4 Å². The summed E-state index contributed by atoms with van der Waals surface area (Å²) in [4.78, 5) is 23.4. The molecule has 0 fully saturated rings. The Labute approximate surface area is 113 Å². The number of hydrogen-bond donors (Lipinski definition) is 2. The maximum Gasteiger partial charge on any atom is 0.321 e. The van der Waals surface area contributed by atoms with E-state index in [1.165, 1.54) is 31.3 Å². The Balaban J connectivity index is 2.04. The normalized spacial score (nSPS) is 10.1. The zero-order valence-corrected chi connectivity index (χ0v) is 10.5. The van der Waals surface area contributed by atoms with Crippen LogP contribution in [0.5, 0.6) is 0 Å². The fourth-order valence-corrected chi connectivity index (χ4v) is 1.38. The number of tetrazole rings is 1. The first-order valence-electron chi connectivity index (χ1n) is 5.64. The molecule has 20 heavy (non-hydrogen) atoms. The molecule has 1 aromatic heterocycles. The maximum atomic E-state index is 12.8. The number of aromatic nitrogens is 4. The van der Waals surface area contributed by atoms with Gasteiger partial charge in [-0.1, -0.05) is 0 Å². The minimum absolute atomic E-state index is 0.248. The number of carbonyl (C=O) groups excluding carboxylic acids is 2. The summed E-state index contributed by atoms with van der Waals surface area (Å²) in [6.07, 6.45) is 0. The Morgan fingerprint density at radius 1 is 1.30 bits per heavy atom. The zero-order chi connectivity index (χ0) is 14.5. The van der Waals surface area contributed by atoms with E-state index in [0.29, 0.717) is 5.56 Å². The molecule has 3 amide bonds. The molecule has 0 radical (unpaired) electrons. The standard InChI is InChI=1S/C11H11FN6O2/c1-13-11(20)14-9(19)6-18-16-10(15-17-18)7-2-4-8(12)5-3-7/h2-5H,6H2,1H3,(H2,13,14,19,20). The van der Waals surface area contributed by atoms with Gasteiger partial charge in [0.2, 0.25) is 5.82 Å². The molecular weight excluding hydrogens is 267 g/mol. The van der Waals surface area contributed by atoms with E-state index >= 15 is 0 Å². The first-order chi connectivity index (χ1) is 9.58. The Bertz CT molecular complexity index is 624. The number of imide groups is 1. The van der Waals surface area contributed by atoms with E-state index in [1.54, 1.807) is 0 Å². The molecular formula is C11H11FN6O2. The van der Waals surface area contributed by atoms with Crippen LogP contribution in [0.4, 0.5) is 9.18 Å². The van der Waals surface area contributed by atoms with Gasteiger partial charge in [0.1, 0.15) is 12.4 Å². The lowest BCUT2D eigenvalue weighted by molar-refractivity contribution is -0.121. The van der Waals surface area contributed by atoms with Gasteiger partial charge in [-0.05, 0) is 29.5 Å². The summed E-state index contributed by atoms with van der Waals surface area (Å²) in [6, 6.07) is 4.93. The third-order valence-corrected chi connectivity index (χ3v) is 2.32. The maximum absolute atomic E-state index is 12.8. The van der Waals surface area contributed by atoms with Crippen molar-refractivity contribution in [2.24, 2.45) is 0 Å². The predicted octanol–water partition coefficient (Wildman–Crippen LogP) is -0.0652. The average molecular weight is 278 g/mol. The lowest BCUT2D eigenvalue weighted by atomic mass is 10.2. The van der Waals surface area contributed by atoms with Crippen molar-refractivity contribution in [2.45, 2.75) is 6.54 Å². The summed E-state index contributed by atoms with van der Waals surface area (Å²) in [7, 11) is 1.39. The summed E-state index contributed by atoms with van der Waals surface area (Å²) in [5.74, 6) is -0.684. The van der Waals surface area contributed by atoms with E-state index in [2.05, 4.69) is 26.0 Å². The van der Waals surface area contributed by atoms with Crippen LogP contribution in [-0.4, -0.2) is 39.2 Å². The third-order valence-electron chi connectivity index (χ3n) is 2.32. The van der Waals surface area contributed by atoms with Gasteiger partial charge in [-0.25, -0.2) is 9.18 Å². The van der Waals surface area contributed by atoms with Crippen LogP contribution in [0.2, 0.25) is 0 Å².